The molecule has 0 aromatic carbocycles. The maximum Gasteiger partial charge on any atom is 0.273 e. The summed E-state index contributed by atoms with van der Waals surface area (Å²) in [6, 6.07) is 0. The molecule has 0 atom stereocenters. The summed E-state index contributed by atoms with van der Waals surface area (Å²) in [7, 11) is -3.89. The smallest absolute Gasteiger partial charge is 0.273 e. The first-order valence-corrected chi connectivity index (χ1v) is 9.54. The van der Waals surface area contributed by atoms with Crippen LogP contribution in [0.25, 0.3) is 0 Å². The van der Waals surface area contributed by atoms with Crippen molar-refractivity contribution in [2.45, 2.75) is 46.1 Å². The molecule has 3 N–H and O–H groups in total. The van der Waals surface area contributed by atoms with Crippen molar-refractivity contribution < 1.29 is 13.2 Å². The zero-order valence-electron chi connectivity index (χ0n) is 15.0. The number of nitrogens with zero attached hydrogens (tertiary/aromatic N) is 3. The molecular formula is C15H24N6O3S. The van der Waals surface area contributed by atoms with Gasteiger partial charge in [0.1, 0.15) is 4.90 Å². The van der Waals surface area contributed by atoms with E-state index in [1.54, 1.807) is 13.8 Å². The van der Waals surface area contributed by atoms with Gasteiger partial charge >= 0.3 is 0 Å². The Morgan fingerprint density at radius 3 is 2.56 bits per heavy atom. The summed E-state index contributed by atoms with van der Waals surface area (Å²) >= 11 is 0. The van der Waals surface area contributed by atoms with E-state index in [9.17, 15) is 13.2 Å². The normalized spacial score (nSPS) is 11.8. The SMILES string of the molecule is CCn1cc(NS(=O)(=O)c2c(C)n[nH]c2C)c(C(=O)NCC(C)C)n1. The molecule has 2 aromatic rings. The van der Waals surface area contributed by atoms with Crippen LogP contribution in [0.15, 0.2) is 11.1 Å². The predicted molar refractivity (Wildman–Crippen MR) is 93.9 cm³/mol. The van der Waals surface area contributed by atoms with Crippen LogP contribution in [0.5, 0.6) is 0 Å². The van der Waals surface area contributed by atoms with Gasteiger partial charge in [0, 0.05) is 19.3 Å². The molecule has 0 aliphatic carbocycles. The number of H-pyrrole nitrogens is 1. The number of anilines is 1. The lowest BCUT2D eigenvalue weighted by atomic mass is 10.2. The van der Waals surface area contributed by atoms with E-state index in [-0.39, 0.29) is 22.2 Å². The van der Waals surface area contributed by atoms with Crippen molar-refractivity contribution in [3.05, 3.63) is 23.3 Å². The molecule has 0 saturated heterocycles. The lowest BCUT2D eigenvalue weighted by Crippen LogP contribution is -2.29. The molecule has 2 heterocycles. The van der Waals surface area contributed by atoms with Crippen LogP contribution < -0.4 is 10.0 Å². The Bertz CT molecular complexity index is 846. The number of nitrogens with one attached hydrogen (secondary N) is 3. The molecule has 138 valence electrons. The Hall–Kier alpha value is -2.36. The van der Waals surface area contributed by atoms with Gasteiger partial charge in [0.15, 0.2) is 5.69 Å². The largest absolute Gasteiger partial charge is 0.350 e. The standard InChI is InChI=1S/C15H24N6O3S/c1-6-21-8-12(13(19-21)15(22)16-7-9(2)3)20-25(23,24)14-10(4)17-18-11(14)5/h8-9,20H,6-7H2,1-5H3,(H,16,22)(H,17,18). The van der Waals surface area contributed by atoms with Gasteiger partial charge in [-0.3, -0.25) is 19.3 Å². The van der Waals surface area contributed by atoms with Crippen molar-refractivity contribution in [2.24, 2.45) is 5.92 Å². The highest BCUT2D eigenvalue weighted by molar-refractivity contribution is 7.92. The maximum absolute atomic E-state index is 12.7. The maximum atomic E-state index is 12.7. The second-order valence-electron chi connectivity index (χ2n) is 6.22. The first-order valence-electron chi connectivity index (χ1n) is 8.05. The van der Waals surface area contributed by atoms with Crippen molar-refractivity contribution in [1.82, 2.24) is 25.3 Å². The second-order valence-corrected chi connectivity index (χ2v) is 7.84. The van der Waals surface area contributed by atoms with Gasteiger partial charge in [-0.05, 0) is 26.7 Å². The summed E-state index contributed by atoms with van der Waals surface area (Å²) in [5.74, 6) is -0.146. The number of hydrogen-bond acceptors (Lipinski definition) is 5. The highest BCUT2D eigenvalue weighted by atomic mass is 32.2. The van der Waals surface area contributed by atoms with Crippen molar-refractivity contribution in [2.75, 3.05) is 11.3 Å². The first-order chi connectivity index (χ1) is 11.7. The molecule has 25 heavy (non-hydrogen) atoms. The van der Waals surface area contributed by atoms with Crippen LogP contribution in [0.3, 0.4) is 0 Å². The minimum atomic E-state index is -3.89. The predicted octanol–water partition coefficient (Wildman–Crippen LogP) is 1.43. The van der Waals surface area contributed by atoms with Gasteiger partial charge in [-0.15, -0.1) is 0 Å². The van der Waals surface area contributed by atoms with E-state index in [1.807, 2.05) is 20.8 Å². The fraction of sp³-hybridized carbons (Fsp3) is 0.533. The molecule has 0 aliphatic heterocycles. The molecule has 0 aliphatic rings. The number of amides is 1. The van der Waals surface area contributed by atoms with Gasteiger partial charge in [-0.1, -0.05) is 13.8 Å². The molecule has 2 aromatic heterocycles. The molecule has 0 spiro atoms. The lowest BCUT2D eigenvalue weighted by Gasteiger charge is -2.09. The number of sulfonamides is 1. The molecule has 0 unspecified atom stereocenters. The molecule has 1 amide bonds. The van der Waals surface area contributed by atoms with Gasteiger partial charge in [0.05, 0.1) is 17.1 Å². The van der Waals surface area contributed by atoms with Crippen molar-refractivity contribution in [3.8, 4) is 0 Å². The lowest BCUT2D eigenvalue weighted by molar-refractivity contribution is 0.0944. The fourth-order valence-corrected chi connectivity index (χ4v) is 3.76. The first kappa shape index (κ1) is 19.0. The van der Waals surface area contributed by atoms with Crippen molar-refractivity contribution in [3.63, 3.8) is 0 Å². The number of aryl methyl sites for hydroxylation is 3. The zero-order valence-corrected chi connectivity index (χ0v) is 15.9. The number of hydrogen-bond donors (Lipinski definition) is 3. The molecule has 0 bridgehead atoms. The summed E-state index contributed by atoms with van der Waals surface area (Å²) in [5.41, 5.74) is 0.977. The number of aromatic amines is 1. The molecular weight excluding hydrogens is 344 g/mol. The second kappa shape index (κ2) is 7.26. The quantitative estimate of drug-likeness (QED) is 0.682. The van der Waals surface area contributed by atoms with Crippen LogP contribution in [0.4, 0.5) is 5.69 Å². The Balaban J connectivity index is 2.36. The highest BCUT2D eigenvalue weighted by Gasteiger charge is 2.26. The molecule has 9 nitrogen and oxygen atoms in total. The van der Waals surface area contributed by atoms with Gasteiger partial charge in [-0.2, -0.15) is 10.2 Å². The molecule has 10 heteroatoms. The Morgan fingerprint density at radius 2 is 2.04 bits per heavy atom. The average Bonchev–Trinajstić information content (AvgIpc) is 3.07. The van der Waals surface area contributed by atoms with Gasteiger partial charge in [0.2, 0.25) is 0 Å². The Labute approximate surface area is 147 Å². The van der Waals surface area contributed by atoms with Crippen LogP contribution in [-0.4, -0.2) is 40.8 Å². The van der Waals surface area contributed by atoms with Crippen LogP contribution in [0.2, 0.25) is 0 Å². The molecule has 0 fully saturated rings. The Morgan fingerprint density at radius 1 is 1.36 bits per heavy atom. The number of carbonyl (C=O) groups excluding carboxylic acids is 1. The van der Waals surface area contributed by atoms with Gasteiger partial charge in [0.25, 0.3) is 15.9 Å². The summed E-state index contributed by atoms with van der Waals surface area (Å²) < 4.78 is 29.4. The van der Waals surface area contributed by atoms with Crippen molar-refractivity contribution in [1.29, 1.82) is 0 Å². The zero-order chi connectivity index (χ0) is 18.8. The van der Waals surface area contributed by atoms with E-state index in [1.165, 1.54) is 10.9 Å². The van der Waals surface area contributed by atoms with E-state index >= 15 is 0 Å². The monoisotopic (exact) mass is 368 g/mol. The molecule has 2 rings (SSSR count). The van der Waals surface area contributed by atoms with E-state index in [4.69, 9.17) is 0 Å². The van der Waals surface area contributed by atoms with Gasteiger partial charge < -0.3 is 5.32 Å². The van der Waals surface area contributed by atoms with Crippen LogP contribution >= 0.6 is 0 Å². The van der Waals surface area contributed by atoms with E-state index in [0.717, 1.165) is 0 Å². The van der Waals surface area contributed by atoms with E-state index < -0.39 is 15.9 Å². The summed E-state index contributed by atoms with van der Waals surface area (Å²) in [6.07, 6.45) is 1.51. The minimum absolute atomic E-state index is 0.0462. The third kappa shape index (κ3) is 4.19. The molecule has 0 saturated carbocycles. The third-order valence-corrected chi connectivity index (χ3v) is 5.17. The fourth-order valence-electron chi connectivity index (χ4n) is 2.34. The summed E-state index contributed by atoms with van der Waals surface area (Å²) in [6.45, 7) is 10.0. The third-order valence-electron chi connectivity index (χ3n) is 3.55. The van der Waals surface area contributed by atoms with E-state index in [0.29, 0.717) is 24.5 Å². The average molecular weight is 368 g/mol. The van der Waals surface area contributed by atoms with Gasteiger partial charge in [-0.25, -0.2) is 8.42 Å². The van der Waals surface area contributed by atoms with Crippen LogP contribution in [-0.2, 0) is 16.6 Å². The highest BCUT2D eigenvalue weighted by Crippen LogP contribution is 2.23. The van der Waals surface area contributed by atoms with Crippen LogP contribution in [0, 0.1) is 19.8 Å². The summed E-state index contributed by atoms with van der Waals surface area (Å²) in [4.78, 5) is 12.4. The number of aromatic nitrogens is 4. The molecule has 0 radical (unpaired) electrons. The van der Waals surface area contributed by atoms with E-state index in [2.05, 4.69) is 25.3 Å². The number of carbonyl (C=O) groups is 1. The summed E-state index contributed by atoms with van der Waals surface area (Å²) in [5, 5.41) is 13.5. The van der Waals surface area contributed by atoms with Crippen LogP contribution in [0.1, 0.15) is 42.6 Å². The minimum Gasteiger partial charge on any atom is -0.350 e. The topological polar surface area (TPSA) is 122 Å². The number of rotatable bonds is 7. The van der Waals surface area contributed by atoms with Crippen molar-refractivity contribution >= 4 is 21.6 Å². The Kier molecular flexibility index (Phi) is 5.51.